The number of nitrogens with two attached hydrogens (primary N) is 1. The van der Waals surface area contributed by atoms with E-state index in [1.807, 2.05) is 0 Å². The highest BCUT2D eigenvalue weighted by atomic mass is 35.5. The van der Waals surface area contributed by atoms with Crippen molar-refractivity contribution in [3.63, 3.8) is 0 Å². The van der Waals surface area contributed by atoms with E-state index in [4.69, 9.17) is 28.9 Å². The Bertz CT molecular complexity index is 444. The Hall–Kier alpha value is -1.39. The van der Waals surface area contributed by atoms with E-state index in [-0.39, 0.29) is 27.9 Å². The fraction of sp³-hybridized carbons (Fsp3) is 0. The number of nitrogens with zero attached hydrogens (tertiary/aromatic N) is 1. The van der Waals surface area contributed by atoms with Gasteiger partial charge in [0.2, 0.25) is 5.78 Å². The van der Waals surface area contributed by atoms with Crippen LogP contribution in [0.25, 0.3) is 5.70 Å². The van der Waals surface area contributed by atoms with Gasteiger partial charge in [-0.15, -0.1) is 0 Å². The second-order valence-electron chi connectivity index (χ2n) is 2.58. The van der Waals surface area contributed by atoms with Gasteiger partial charge in [0.25, 0.3) is 0 Å². The average molecular weight is 245 g/mol. The first kappa shape index (κ1) is 11.7. The van der Waals surface area contributed by atoms with Crippen LogP contribution >= 0.6 is 23.2 Å². The molecule has 0 atom stereocenters. The molecule has 0 unspecified atom stereocenters. The Morgan fingerprint density at radius 1 is 1.40 bits per heavy atom. The van der Waals surface area contributed by atoms with Gasteiger partial charge in [-0.05, 0) is 12.1 Å². The molecule has 1 aromatic rings. The van der Waals surface area contributed by atoms with Crippen molar-refractivity contribution < 1.29 is 9.59 Å². The minimum atomic E-state index is -0.759. The second-order valence-corrected chi connectivity index (χ2v) is 3.38. The lowest BCUT2D eigenvalue weighted by Gasteiger charge is -2.02. The predicted octanol–water partition coefficient (Wildman–Crippen LogP) is 1.46. The number of rotatable bonds is 3. The van der Waals surface area contributed by atoms with Crippen LogP contribution in [0.5, 0.6) is 0 Å². The fourth-order valence-electron chi connectivity index (χ4n) is 0.876. The number of pyridine rings is 1. The molecule has 0 fully saturated rings. The molecule has 0 aliphatic carbocycles. The van der Waals surface area contributed by atoms with Crippen LogP contribution in [0.1, 0.15) is 5.69 Å². The maximum absolute atomic E-state index is 10.8. The summed E-state index contributed by atoms with van der Waals surface area (Å²) in [5, 5.41) is 0.455. The molecule has 0 bridgehead atoms. The van der Waals surface area contributed by atoms with Crippen molar-refractivity contribution in [2.45, 2.75) is 0 Å². The van der Waals surface area contributed by atoms with E-state index in [1.54, 1.807) is 0 Å². The second kappa shape index (κ2) is 4.91. The fourth-order valence-corrected chi connectivity index (χ4v) is 1.24. The molecule has 0 radical (unpaired) electrons. The summed E-state index contributed by atoms with van der Waals surface area (Å²) >= 11 is 11.4. The molecule has 0 aliphatic rings. The van der Waals surface area contributed by atoms with Gasteiger partial charge in [-0.3, -0.25) is 9.59 Å². The first-order valence-corrected chi connectivity index (χ1v) is 4.59. The Morgan fingerprint density at radius 3 is 2.67 bits per heavy atom. The molecule has 1 aromatic heterocycles. The van der Waals surface area contributed by atoms with Crippen LogP contribution in [0.4, 0.5) is 0 Å². The Kier molecular flexibility index (Phi) is 3.82. The van der Waals surface area contributed by atoms with Gasteiger partial charge in [0.1, 0.15) is 10.8 Å². The minimum absolute atomic E-state index is 0.000370. The Balaban J connectivity index is 3.15. The minimum Gasteiger partial charge on any atom is -0.397 e. The molecule has 2 N–H and O–H groups in total. The summed E-state index contributed by atoms with van der Waals surface area (Å²) in [7, 11) is 0. The molecule has 15 heavy (non-hydrogen) atoms. The molecule has 0 aliphatic heterocycles. The summed E-state index contributed by atoms with van der Waals surface area (Å²) in [4.78, 5) is 24.7. The number of hydrogen-bond acceptors (Lipinski definition) is 4. The zero-order valence-corrected chi connectivity index (χ0v) is 8.92. The number of ketones is 1. The van der Waals surface area contributed by atoms with E-state index in [0.717, 1.165) is 6.08 Å². The number of allylic oxidation sites excluding steroid dienone is 1. The Labute approximate surface area is 95.7 Å². The van der Waals surface area contributed by atoms with Crippen LogP contribution in [0.15, 0.2) is 18.2 Å². The van der Waals surface area contributed by atoms with Gasteiger partial charge in [0.15, 0.2) is 6.29 Å². The summed E-state index contributed by atoms with van der Waals surface area (Å²) < 4.78 is 0. The van der Waals surface area contributed by atoms with Crippen LogP contribution in [-0.2, 0) is 9.59 Å². The molecule has 0 spiro atoms. The number of halogens is 2. The first-order chi connectivity index (χ1) is 7.04. The van der Waals surface area contributed by atoms with Crippen LogP contribution in [0.3, 0.4) is 0 Å². The third-order valence-corrected chi connectivity index (χ3v) is 2.01. The van der Waals surface area contributed by atoms with Crippen molar-refractivity contribution in [1.29, 1.82) is 0 Å². The molecule has 4 nitrogen and oxygen atoms in total. The van der Waals surface area contributed by atoms with Crippen molar-refractivity contribution in [3.8, 4) is 0 Å². The SMILES string of the molecule is N/C(=C\C(=O)C=O)c1nc(Cl)ccc1Cl. The monoisotopic (exact) mass is 244 g/mol. The molecule has 1 rings (SSSR count). The lowest BCUT2D eigenvalue weighted by molar-refractivity contribution is -0.126. The molecule has 0 aromatic carbocycles. The lowest BCUT2D eigenvalue weighted by Crippen LogP contribution is -2.04. The van der Waals surface area contributed by atoms with Crippen LogP contribution in [-0.4, -0.2) is 17.1 Å². The first-order valence-electron chi connectivity index (χ1n) is 3.83. The molecule has 0 saturated carbocycles. The van der Waals surface area contributed by atoms with Crippen molar-refractivity contribution in [2.24, 2.45) is 5.73 Å². The number of carbonyl (C=O) groups excluding carboxylic acids is 2. The normalized spacial score (nSPS) is 11.2. The standard InChI is InChI=1S/C9H6Cl2N2O2/c10-6-1-2-8(11)13-9(6)7(12)3-5(15)4-14/h1-4H,12H2/b7-3-. The molecule has 0 amide bonds. The Morgan fingerprint density at radius 2 is 2.07 bits per heavy atom. The van der Waals surface area contributed by atoms with Crippen LogP contribution in [0.2, 0.25) is 10.2 Å². The maximum atomic E-state index is 10.8. The van der Waals surface area contributed by atoms with E-state index in [2.05, 4.69) is 4.98 Å². The van der Waals surface area contributed by atoms with Gasteiger partial charge < -0.3 is 5.73 Å². The van der Waals surface area contributed by atoms with Gasteiger partial charge >= 0.3 is 0 Å². The van der Waals surface area contributed by atoms with E-state index < -0.39 is 5.78 Å². The van der Waals surface area contributed by atoms with Crippen LogP contribution in [0, 0.1) is 0 Å². The van der Waals surface area contributed by atoms with E-state index >= 15 is 0 Å². The quantitative estimate of drug-likeness (QED) is 0.378. The largest absolute Gasteiger partial charge is 0.397 e. The van der Waals surface area contributed by atoms with E-state index in [0.29, 0.717) is 0 Å². The summed E-state index contributed by atoms with van der Waals surface area (Å²) in [6, 6.07) is 2.99. The maximum Gasteiger partial charge on any atom is 0.220 e. The highest BCUT2D eigenvalue weighted by Crippen LogP contribution is 2.20. The summed E-state index contributed by atoms with van der Waals surface area (Å²) in [6.45, 7) is 0. The number of aromatic nitrogens is 1. The smallest absolute Gasteiger partial charge is 0.220 e. The van der Waals surface area contributed by atoms with E-state index in [1.165, 1.54) is 12.1 Å². The third-order valence-electron chi connectivity index (χ3n) is 1.50. The topological polar surface area (TPSA) is 73.1 Å². The molecule has 1 heterocycles. The molecule has 78 valence electrons. The van der Waals surface area contributed by atoms with Crippen molar-refractivity contribution in [3.05, 3.63) is 34.1 Å². The summed E-state index contributed by atoms with van der Waals surface area (Å²) in [5.41, 5.74) is 5.70. The van der Waals surface area contributed by atoms with Crippen LogP contribution < -0.4 is 5.73 Å². The number of hydrogen-bond donors (Lipinski definition) is 1. The number of carbonyl (C=O) groups is 2. The van der Waals surface area contributed by atoms with Gasteiger partial charge in [-0.2, -0.15) is 0 Å². The van der Waals surface area contributed by atoms with Crippen molar-refractivity contribution >= 4 is 41.0 Å². The van der Waals surface area contributed by atoms with Gasteiger partial charge in [0.05, 0.1) is 10.7 Å². The lowest BCUT2D eigenvalue weighted by atomic mass is 10.2. The zero-order chi connectivity index (χ0) is 11.4. The van der Waals surface area contributed by atoms with Crippen molar-refractivity contribution in [1.82, 2.24) is 4.98 Å². The molecular weight excluding hydrogens is 239 g/mol. The summed E-state index contributed by atoms with van der Waals surface area (Å²) in [5.74, 6) is -0.759. The highest BCUT2D eigenvalue weighted by molar-refractivity contribution is 6.35. The summed E-state index contributed by atoms with van der Waals surface area (Å²) in [6.07, 6.45) is 1.09. The molecular formula is C9H6Cl2N2O2. The predicted molar refractivity (Wildman–Crippen MR) is 57.5 cm³/mol. The number of aldehydes is 1. The van der Waals surface area contributed by atoms with E-state index in [9.17, 15) is 9.59 Å². The molecule has 6 heteroatoms. The van der Waals surface area contributed by atoms with Gasteiger partial charge in [-0.1, -0.05) is 23.2 Å². The zero-order valence-electron chi connectivity index (χ0n) is 7.41. The van der Waals surface area contributed by atoms with Crippen molar-refractivity contribution in [2.75, 3.05) is 0 Å². The van der Waals surface area contributed by atoms with Gasteiger partial charge in [-0.25, -0.2) is 4.98 Å². The third kappa shape index (κ3) is 3.04. The molecule has 0 saturated heterocycles. The highest BCUT2D eigenvalue weighted by Gasteiger charge is 2.07. The van der Waals surface area contributed by atoms with Gasteiger partial charge in [0, 0.05) is 6.08 Å². The average Bonchev–Trinajstić information content (AvgIpc) is 2.21.